The zero-order chi connectivity index (χ0) is 7.49. The van der Waals surface area contributed by atoms with Gasteiger partial charge in [0.25, 0.3) is 0 Å². The van der Waals surface area contributed by atoms with Gasteiger partial charge in [0.05, 0.1) is 5.54 Å². The number of primary amides is 1. The molecule has 3 nitrogen and oxygen atoms in total. The fraction of sp³-hybridized carbons (Fsp3) is 0.833. The first kappa shape index (κ1) is 8.43. The number of nitrogens with two attached hydrogens (primary N) is 1. The van der Waals surface area contributed by atoms with Gasteiger partial charge in [-0.15, -0.1) is 0 Å². The van der Waals surface area contributed by atoms with Crippen molar-refractivity contribution in [3.8, 4) is 0 Å². The van der Waals surface area contributed by atoms with E-state index in [1.807, 2.05) is 6.92 Å². The first-order valence-corrected chi connectivity index (χ1v) is 3.05. The number of rotatable bonds is 3. The monoisotopic (exact) mass is 130 g/mol. The number of nitrogens with one attached hydrogen (secondary N) is 1. The second-order valence-corrected chi connectivity index (χ2v) is 2.52. The molecule has 1 amide bonds. The summed E-state index contributed by atoms with van der Waals surface area (Å²) >= 11 is 0. The van der Waals surface area contributed by atoms with E-state index >= 15 is 0 Å². The largest absolute Gasteiger partial charge is 0.368 e. The van der Waals surface area contributed by atoms with Gasteiger partial charge in [0.15, 0.2) is 0 Å². The van der Waals surface area contributed by atoms with Crippen LogP contribution in [-0.4, -0.2) is 18.0 Å². The molecule has 0 aromatic rings. The lowest BCUT2D eigenvalue weighted by Gasteiger charge is -2.20. The number of carbonyl (C=O) groups is 1. The smallest absolute Gasteiger partial charge is 0.237 e. The topological polar surface area (TPSA) is 55.1 Å². The Hall–Kier alpha value is -0.570. The fourth-order valence-corrected chi connectivity index (χ4v) is 0.529. The molecule has 0 aliphatic carbocycles. The maximum absolute atomic E-state index is 10.6. The third-order valence-electron chi connectivity index (χ3n) is 1.23. The van der Waals surface area contributed by atoms with E-state index in [0.29, 0.717) is 0 Å². The molecule has 0 fully saturated rings. The molecule has 0 atom stereocenters. The summed E-state index contributed by atoms with van der Waals surface area (Å²) in [5.74, 6) is -0.315. The van der Waals surface area contributed by atoms with Gasteiger partial charge in [0.1, 0.15) is 0 Å². The van der Waals surface area contributed by atoms with Crippen molar-refractivity contribution in [3.05, 3.63) is 0 Å². The van der Waals surface area contributed by atoms with Crippen molar-refractivity contribution in [2.24, 2.45) is 5.73 Å². The fourth-order valence-electron chi connectivity index (χ4n) is 0.529. The van der Waals surface area contributed by atoms with Crippen molar-refractivity contribution in [1.29, 1.82) is 0 Å². The molecule has 3 N–H and O–H groups in total. The average molecular weight is 130 g/mol. The molecule has 0 heterocycles. The van der Waals surface area contributed by atoms with Gasteiger partial charge in [-0.2, -0.15) is 0 Å². The maximum Gasteiger partial charge on any atom is 0.237 e. The predicted molar refractivity (Wildman–Crippen MR) is 37.0 cm³/mol. The average Bonchev–Trinajstić information content (AvgIpc) is 1.65. The van der Waals surface area contributed by atoms with Crippen LogP contribution in [-0.2, 0) is 4.79 Å². The molecule has 0 aliphatic heterocycles. The number of carbonyl (C=O) groups excluding carboxylic acids is 1. The summed E-state index contributed by atoms with van der Waals surface area (Å²) in [7, 11) is 0. The molecule has 0 aliphatic rings. The highest BCUT2D eigenvalue weighted by atomic mass is 16.1. The van der Waals surface area contributed by atoms with Crippen LogP contribution in [0.2, 0.25) is 0 Å². The van der Waals surface area contributed by atoms with E-state index < -0.39 is 5.54 Å². The van der Waals surface area contributed by atoms with Crippen LogP contribution < -0.4 is 11.1 Å². The number of hydrogen-bond acceptors (Lipinski definition) is 2. The summed E-state index contributed by atoms with van der Waals surface area (Å²) in [5, 5.41) is 2.95. The Balaban J connectivity index is 3.85. The second kappa shape index (κ2) is 2.82. The van der Waals surface area contributed by atoms with Gasteiger partial charge in [-0.1, -0.05) is 6.92 Å². The third kappa shape index (κ3) is 2.46. The minimum absolute atomic E-state index is 0.315. The van der Waals surface area contributed by atoms with Crippen LogP contribution in [0.4, 0.5) is 0 Å². The molecule has 0 aromatic carbocycles. The number of likely N-dealkylation sites (N-methyl/N-ethyl adjacent to an activating group) is 1. The van der Waals surface area contributed by atoms with Gasteiger partial charge < -0.3 is 11.1 Å². The minimum Gasteiger partial charge on any atom is -0.368 e. The zero-order valence-corrected chi connectivity index (χ0v) is 6.19. The van der Waals surface area contributed by atoms with Gasteiger partial charge in [-0.25, -0.2) is 0 Å². The summed E-state index contributed by atoms with van der Waals surface area (Å²) in [5.41, 5.74) is 4.49. The third-order valence-corrected chi connectivity index (χ3v) is 1.23. The van der Waals surface area contributed by atoms with Gasteiger partial charge >= 0.3 is 0 Å². The van der Waals surface area contributed by atoms with Crippen LogP contribution in [0.3, 0.4) is 0 Å². The lowest BCUT2D eigenvalue weighted by Crippen LogP contribution is -2.50. The lowest BCUT2D eigenvalue weighted by atomic mass is 10.1. The highest BCUT2D eigenvalue weighted by Gasteiger charge is 2.22. The van der Waals surface area contributed by atoms with E-state index in [1.165, 1.54) is 0 Å². The van der Waals surface area contributed by atoms with Gasteiger partial charge in [-0.3, -0.25) is 4.79 Å². The maximum atomic E-state index is 10.6. The van der Waals surface area contributed by atoms with Crippen molar-refractivity contribution in [2.75, 3.05) is 6.54 Å². The van der Waals surface area contributed by atoms with E-state index in [-0.39, 0.29) is 5.91 Å². The van der Waals surface area contributed by atoms with Crippen molar-refractivity contribution in [3.63, 3.8) is 0 Å². The summed E-state index contributed by atoms with van der Waals surface area (Å²) in [4.78, 5) is 10.6. The van der Waals surface area contributed by atoms with Crippen molar-refractivity contribution < 1.29 is 4.79 Å². The standard InChI is InChI=1S/C6H14N2O/c1-4-8-6(2,3)5(7)9/h8H,4H2,1-3H3,(H2,7,9). The Kier molecular flexibility index (Phi) is 2.65. The van der Waals surface area contributed by atoms with E-state index in [1.54, 1.807) is 13.8 Å². The molecule has 0 saturated heterocycles. The Labute approximate surface area is 55.6 Å². The molecule has 0 saturated carbocycles. The molecule has 0 unspecified atom stereocenters. The summed E-state index contributed by atoms with van der Waals surface area (Å²) in [6.07, 6.45) is 0. The Morgan fingerprint density at radius 3 is 2.22 bits per heavy atom. The summed E-state index contributed by atoms with van der Waals surface area (Å²) in [6, 6.07) is 0. The SMILES string of the molecule is CCNC(C)(C)C(N)=O. The molecule has 54 valence electrons. The molecule has 0 spiro atoms. The van der Waals surface area contributed by atoms with Crippen molar-refractivity contribution >= 4 is 5.91 Å². The van der Waals surface area contributed by atoms with Crippen LogP contribution in [0.1, 0.15) is 20.8 Å². The highest BCUT2D eigenvalue weighted by molar-refractivity contribution is 5.83. The summed E-state index contributed by atoms with van der Waals surface area (Å²) < 4.78 is 0. The number of hydrogen-bond donors (Lipinski definition) is 2. The first-order valence-electron chi connectivity index (χ1n) is 3.05. The van der Waals surface area contributed by atoms with Crippen LogP contribution in [0.5, 0.6) is 0 Å². The molecule has 3 heteroatoms. The van der Waals surface area contributed by atoms with Crippen LogP contribution in [0.15, 0.2) is 0 Å². The molecule has 9 heavy (non-hydrogen) atoms. The second-order valence-electron chi connectivity index (χ2n) is 2.52. The van der Waals surface area contributed by atoms with Gasteiger partial charge in [0, 0.05) is 0 Å². The summed E-state index contributed by atoms with van der Waals surface area (Å²) in [6.45, 7) is 6.22. The first-order chi connectivity index (χ1) is 4.00. The van der Waals surface area contributed by atoms with E-state index in [9.17, 15) is 4.79 Å². The Morgan fingerprint density at radius 1 is 1.67 bits per heavy atom. The van der Waals surface area contributed by atoms with Gasteiger partial charge in [0.2, 0.25) is 5.91 Å². The van der Waals surface area contributed by atoms with Crippen LogP contribution in [0.25, 0.3) is 0 Å². The quantitative estimate of drug-likeness (QED) is 0.558. The molecule has 0 aromatic heterocycles. The Morgan fingerprint density at radius 2 is 2.11 bits per heavy atom. The minimum atomic E-state index is -0.561. The van der Waals surface area contributed by atoms with Crippen molar-refractivity contribution in [1.82, 2.24) is 5.32 Å². The highest BCUT2D eigenvalue weighted by Crippen LogP contribution is 1.97. The van der Waals surface area contributed by atoms with Crippen molar-refractivity contribution in [2.45, 2.75) is 26.3 Å². The lowest BCUT2D eigenvalue weighted by molar-refractivity contribution is -0.123. The van der Waals surface area contributed by atoms with Gasteiger partial charge in [-0.05, 0) is 20.4 Å². The zero-order valence-electron chi connectivity index (χ0n) is 6.19. The molecular formula is C6H14N2O. The molecule has 0 radical (unpaired) electrons. The van der Waals surface area contributed by atoms with Crippen LogP contribution >= 0.6 is 0 Å². The molecule has 0 bridgehead atoms. The predicted octanol–water partition coefficient (Wildman–Crippen LogP) is -0.140. The van der Waals surface area contributed by atoms with E-state index in [2.05, 4.69) is 5.32 Å². The van der Waals surface area contributed by atoms with E-state index in [4.69, 9.17) is 5.73 Å². The normalized spacial score (nSPS) is 11.4. The Bertz CT molecular complexity index is 110. The van der Waals surface area contributed by atoms with Crippen LogP contribution in [0, 0.1) is 0 Å². The number of amides is 1. The van der Waals surface area contributed by atoms with E-state index in [0.717, 1.165) is 6.54 Å². The molecular weight excluding hydrogens is 116 g/mol. The molecule has 0 rings (SSSR count).